The zero-order chi connectivity index (χ0) is 19.6. The molecule has 1 aromatic heterocycles. The van der Waals surface area contributed by atoms with Crippen molar-refractivity contribution in [3.8, 4) is 11.1 Å². The maximum Gasteiger partial charge on any atom is 0.341 e. The van der Waals surface area contributed by atoms with Crippen LogP contribution in [0.2, 0.25) is 0 Å². The molecule has 4 nitrogen and oxygen atoms in total. The second-order valence-electron chi connectivity index (χ2n) is 6.35. The van der Waals surface area contributed by atoms with Crippen molar-refractivity contribution in [2.24, 2.45) is 0 Å². The zero-order valence-corrected chi connectivity index (χ0v) is 16.6. The number of thiophene rings is 1. The Bertz CT molecular complexity index is 1010. The molecule has 27 heavy (non-hydrogen) atoms. The van der Waals surface area contributed by atoms with E-state index in [-0.39, 0.29) is 5.91 Å². The number of hydrogen-bond acceptors (Lipinski definition) is 4. The Labute approximate surface area is 162 Å². The van der Waals surface area contributed by atoms with Crippen LogP contribution in [0.4, 0.5) is 5.00 Å². The van der Waals surface area contributed by atoms with Gasteiger partial charge in [0.25, 0.3) is 5.91 Å². The predicted octanol–water partition coefficient (Wildman–Crippen LogP) is 5.38. The van der Waals surface area contributed by atoms with E-state index in [0.717, 1.165) is 27.1 Å². The Morgan fingerprint density at radius 2 is 1.67 bits per heavy atom. The van der Waals surface area contributed by atoms with Gasteiger partial charge in [0.2, 0.25) is 0 Å². The third kappa shape index (κ3) is 3.78. The maximum atomic E-state index is 12.7. The molecule has 1 amide bonds. The molecule has 2 aromatic carbocycles. The summed E-state index contributed by atoms with van der Waals surface area (Å²) in [5, 5.41) is 3.40. The first-order chi connectivity index (χ1) is 12.9. The number of nitrogens with one attached hydrogen (secondary N) is 1. The van der Waals surface area contributed by atoms with Gasteiger partial charge >= 0.3 is 5.97 Å². The Balaban J connectivity index is 2.04. The molecule has 0 bridgehead atoms. The van der Waals surface area contributed by atoms with Gasteiger partial charge in [0.15, 0.2) is 0 Å². The molecular weight excluding hydrogens is 358 g/mol. The van der Waals surface area contributed by atoms with Crippen molar-refractivity contribution in [3.05, 3.63) is 75.7 Å². The van der Waals surface area contributed by atoms with E-state index in [1.54, 1.807) is 6.07 Å². The second-order valence-corrected chi connectivity index (χ2v) is 7.57. The Morgan fingerprint density at radius 3 is 2.30 bits per heavy atom. The number of carbonyl (C=O) groups excluding carboxylic acids is 2. The van der Waals surface area contributed by atoms with Crippen molar-refractivity contribution >= 4 is 28.2 Å². The number of methoxy groups -OCH3 is 1. The first kappa shape index (κ1) is 18.9. The van der Waals surface area contributed by atoms with E-state index in [1.807, 2.05) is 63.2 Å². The average Bonchev–Trinajstić information content (AvgIpc) is 2.99. The molecule has 5 heteroatoms. The van der Waals surface area contributed by atoms with Gasteiger partial charge < -0.3 is 10.1 Å². The molecule has 0 saturated heterocycles. The molecule has 3 rings (SSSR count). The summed E-state index contributed by atoms with van der Waals surface area (Å²) in [6.07, 6.45) is 0. The molecule has 3 aromatic rings. The van der Waals surface area contributed by atoms with Gasteiger partial charge in [0.05, 0.1) is 7.11 Å². The summed E-state index contributed by atoms with van der Waals surface area (Å²) in [6, 6.07) is 15.2. The summed E-state index contributed by atoms with van der Waals surface area (Å²) in [5.74, 6) is -0.710. The Kier molecular flexibility index (Phi) is 5.42. The van der Waals surface area contributed by atoms with Gasteiger partial charge in [-0.25, -0.2) is 4.79 Å². The number of anilines is 1. The third-order valence-corrected chi connectivity index (χ3v) is 5.55. The molecule has 1 N–H and O–H groups in total. The van der Waals surface area contributed by atoms with Gasteiger partial charge in [-0.05, 0) is 49.6 Å². The lowest BCUT2D eigenvalue weighted by atomic mass is 10.0. The van der Waals surface area contributed by atoms with Gasteiger partial charge in [-0.15, -0.1) is 11.3 Å². The van der Waals surface area contributed by atoms with Crippen LogP contribution >= 0.6 is 11.3 Å². The standard InChI is InChI=1S/C22H21NO3S/c1-13-10-11-17(12-14(13)2)20(24)23-21-19(22(25)26-4)18(15(3)27-21)16-8-6-5-7-9-16/h5-12H,1-4H3,(H,23,24). The summed E-state index contributed by atoms with van der Waals surface area (Å²) >= 11 is 1.38. The van der Waals surface area contributed by atoms with Crippen molar-refractivity contribution in [2.75, 3.05) is 12.4 Å². The maximum absolute atomic E-state index is 12.7. The number of rotatable bonds is 4. The smallest absolute Gasteiger partial charge is 0.341 e. The van der Waals surface area contributed by atoms with E-state index in [0.29, 0.717) is 16.1 Å². The summed E-state index contributed by atoms with van der Waals surface area (Å²) in [5.41, 5.74) is 4.83. The van der Waals surface area contributed by atoms with Gasteiger partial charge in [0.1, 0.15) is 10.6 Å². The number of esters is 1. The minimum atomic E-state index is -0.464. The normalized spacial score (nSPS) is 10.5. The zero-order valence-electron chi connectivity index (χ0n) is 15.8. The number of benzene rings is 2. The van der Waals surface area contributed by atoms with Crippen LogP contribution in [0.25, 0.3) is 11.1 Å². The molecule has 0 atom stereocenters. The molecule has 0 unspecified atom stereocenters. The number of amides is 1. The van der Waals surface area contributed by atoms with Crippen LogP contribution in [0.3, 0.4) is 0 Å². The third-order valence-electron chi connectivity index (χ3n) is 4.53. The van der Waals surface area contributed by atoms with Crippen LogP contribution in [0.15, 0.2) is 48.5 Å². The van der Waals surface area contributed by atoms with E-state index < -0.39 is 5.97 Å². The topological polar surface area (TPSA) is 55.4 Å². The second kappa shape index (κ2) is 7.76. The highest BCUT2D eigenvalue weighted by Gasteiger charge is 2.25. The van der Waals surface area contributed by atoms with Crippen molar-refractivity contribution < 1.29 is 14.3 Å². The molecular formula is C22H21NO3S. The molecule has 0 aliphatic heterocycles. The summed E-state index contributed by atoms with van der Waals surface area (Å²) in [4.78, 5) is 26.2. The van der Waals surface area contributed by atoms with E-state index >= 15 is 0 Å². The van der Waals surface area contributed by atoms with Crippen LogP contribution in [0.1, 0.15) is 36.7 Å². The first-order valence-corrected chi connectivity index (χ1v) is 9.39. The lowest BCUT2D eigenvalue weighted by molar-refractivity contribution is 0.0603. The predicted molar refractivity (Wildman–Crippen MR) is 110 cm³/mol. The van der Waals surface area contributed by atoms with Gasteiger partial charge in [-0.2, -0.15) is 0 Å². The molecule has 1 heterocycles. The minimum absolute atomic E-state index is 0.246. The highest BCUT2D eigenvalue weighted by atomic mass is 32.1. The van der Waals surface area contributed by atoms with Crippen LogP contribution in [0.5, 0.6) is 0 Å². The Morgan fingerprint density at radius 1 is 0.963 bits per heavy atom. The summed E-state index contributed by atoms with van der Waals surface area (Å²) in [7, 11) is 1.35. The molecule has 0 fully saturated rings. The molecule has 0 aliphatic carbocycles. The van der Waals surface area contributed by atoms with Gasteiger partial charge in [-0.1, -0.05) is 36.4 Å². The quantitative estimate of drug-likeness (QED) is 0.619. The molecule has 0 saturated carbocycles. The van der Waals surface area contributed by atoms with E-state index in [1.165, 1.54) is 18.4 Å². The number of carbonyl (C=O) groups is 2. The van der Waals surface area contributed by atoms with Crippen LogP contribution in [-0.4, -0.2) is 19.0 Å². The number of hydrogen-bond donors (Lipinski definition) is 1. The summed E-state index contributed by atoms with van der Waals surface area (Å²) in [6.45, 7) is 5.90. The highest BCUT2D eigenvalue weighted by Crippen LogP contribution is 2.40. The van der Waals surface area contributed by atoms with E-state index in [4.69, 9.17) is 4.74 Å². The van der Waals surface area contributed by atoms with Crippen LogP contribution < -0.4 is 5.32 Å². The van der Waals surface area contributed by atoms with Crippen LogP contribution in [-0.2, 0) is 4.74 Å². The summed E-state index contributed by atoms with van der Waals surface area (Å²) < 4.78 is 4.99. The minimum Gasteiger partial charge on any atom is -0.465 e. The van der Waals surface area contributed by atoms with Crippen molar-refractivity contribution in [1.29, 1.82) is 0 Å². The fourth-order valence-electron chi connectivity index (χ4n) is 2.94. The number of aryl methyl sites for hydroxylation is 3. The van der Waals surface area contributed by atoms with Crippen molar-refractivity contribution in [3.63, 3.8) is 0 Å². The van der Waals surface area contributed by atoms with Crippen molar-refractivity contribution in [1.82, 2.24) is 0 Å². The fraction of sp³-hybridized carbons (Fsp3) is 0.182. The lowest BCUT2D eigenvalue weighted by Gasteiger charge is -2.09. The molecule has 0 radical (unpaired) electrons. The fourth-order valence-corrected chi connectivity index (χ4v) is 4.00. The van der Waals surface area contributed by atoms with Crippen molar-refractivity contribution in [2.45, 2.75) is 20.8 Å². The van der Waals surface area contributed by atoms with Gasteiger partial charge in [-0.3, -0.25) is 4.79 Å². The average molecular weight is 379 g/mol. The molecule has 138 valence electrons. The number of ether oxygens (including phenoxy) is 1. The van der Waals surface area contributed by atoms with Crippen LogP contribution in [0, 0.1) is 20.8 Å². The SMILES string of the molecule is COC(=O)c1c(NC(=O)c2ccc(C)c(C)c2)sc(C)c1-c1ccccc1. The molecule has 0 aliphatic rings. The monoisotopic (exact) mass is 379 g/mol. The molecule has 0 spiro atoms. The lowest BCUT2D eigenvalue weighted by Crippen LogP contribution is -2.14. The first-order valence-electron chi connectivity index (χ1n) is 8.58. The largest absolute Gasteiger partial charge is 0.465 e. The van der Waals surface area contributed by atoms with E-state index in [9.17, 15) is 9.59 Å². The Hall–Kier alpha value is -2.92. The highest BCUT2D eigenvalue weighted by molar-refractivity contribution is 7.17. The van der Waals surface area contributed by atoms with E-state index in [2.05, 4.69) is 5.32 Å². The van der Waals surface area contributed by atoms with Gasteiger partial charge in [0, 0.05) is 16.0 Å².